The molecule has 0 saturated carbocycles. The minimum absolute atomic E-state index is 0.189. The minimum atomic E-state index is 0.189. The molecular weight excluding hydrogens is 166 g/mol. The number of Topliss-reactive ketones (excluding diaryl/α,β-unsaturated/α-hetero) is 1. The van der Waals surface area contributed by atoms with Crippen LogP contribution in [0, 0.1) is 5.92 Å². The van der Waals surface area contributed by atoms with E-state index in [4.69, 9.17) is 10.5 Å². The van der Waals surface area contributed by atoms with E-state index in [1.54, 1.807) is 0 Å². The molecule has 0 spiro atoms. The van der Waals surface area contributed by atoms with E-state index in [-0.39, 0.29) is 12.4 Å². The lowest BCUT2D eigenvalue weighted by Crippen LogP contribution is -2.14. The van der Waals surface area contributed by atoms with Gasteiger partial charge in [-0.15, -0.1) is 0 Å². The van der Waals surface area contributed by atoms with E-state index < -0.39 is 0 Å². The average Bonchev–Trinajstić information content (AvgIpc) is 2.14. The largest absolute Gasteiger partial charge is 0.374 e. The van der Waals surface area contributed by atoms with E-state index >= 15 is 0 Å². The van der Waals surface area contributed by atoms with Crippen LogP contribution in [0.25, 0.3) is 0 Å². The Balaban J connectivity index is 3.30. The summed E-state index contributed by atoms with van der Waals surface area (Å²) in [5.74, 6) is 0.629. The number of carbonyl (C=O) groups is 1. The van der Waals surface area contributed by atoms with E-state index in [9.17, 15) is 4.79 Å². The molecule has 3 nitrogen and oxygen atoms in total. The van der Waals surface area contributed by atoms with Crippen molar-refractivity contribution in [1.82, 2.24) is 0 Å². The van der Waals surface area contributed by atoms with Crippen molar-refractivity contribution in [2.45, 2.75) is 33.1 Å². The Bertz CT molecular complexity index is 137. The van der Waals surface area contributed by atoms with Gasteiger partial charge in [0, 0.05) is 13.0 Å². The molecule has 13 heavy (non-hydrogen) atoms. The summed E-state index contributed by atoms with van der Waals surface area (Å²) >= 11 is 0. The van der Waals surface area contributed by atoms with Gasteiger partial charge in [-0.25, -0.2) is 0 Å². The van der Waals surface area contributed by atoms with Crippen molar-refractivity contribution in [2.75, 3.05) is 19.8 Å². The molecule has 0 aliphatic rings. The van der Waals surface area contributed by atoms with Crippen LogP contribution >= 0.6 is 0 Å². The van der Waals surface area contributed by atoms with Crippen molar-refractivity contribution < 1.29 is 9.53 Å². The Kier molecular flexibility index (Phi) is 7.94. The smallest absolute Gasteiger partial charge is 0.158 e. The first-order chi connectivity index (χ1) is 6.20. The van der Waals surface area contributed by atoms with E-state index in [2.05, 4.69) is 6.92 Å². The molecule has 0 fully saturated rings. The SMILES string of the molecule is CCCOCC(=O)CCC(C)CN. The highest BCUT2D eigenvalue weighted by Crippen LogP contribution is 2.03. The topological polar surface area (TPSA) is 52.3 Å². The van der Waals surface area contributed by atoms with Crippen LogP contribution in [0.1, 0.15) is 33.1 Å². The third kappa shape index (κ3) is 7.94. The standard InChI is InChI=1S/C10H21NO2/c1-3-6-13-8-10(12)5-4-9(2)7-11/h9H,3-8,11H2,1-2H3. The minimum Gasteiger partial charge on any atom is -0.374 e. The molecule has 2 N–H and O–H groups in total. The molecule has 0 saturated heterocycles. The van der Waals surface area contributed by atoms with Gasteiger partial charge < -0.3 is 10.5 Å². The molecule has 0 bridgehead atoms. The molecular formula is C10H21NO2. The predicted octanol–water partition coefficient (Wildman–Crippen LogP) is 1.36. The Morgan fingerprint density at radius 3 is 2.77 bits per heavy atom. The maximum atomic E-state index is 11.2. The molecule has 0 heterocycles. The number of hydrogen-bond donors (Lipinski definition) is 1. The van der Waals surface area contributed by atoms with Gasteiger partial charge in [-0.2, -0.15) is 0 Å². The lowest BCUT2D eigenvalue weighted by Gasteiger charge is -2.06. The van der Waals surface area contributed by atoms with Crippen molar-refractivity contribution in [3.8, 4) is 0 Å². The zero-order valence-electron chi connectivity index (χ0n) is 8.71. The normalized spacial score (nSPS) is 12.8. The molecule has 3 heteroatoms. The summed E-state index contributed by atoms with van der Waals surface area (Å²) in [5.41, 5.74) is 5.44. The van der Waals surface area contributed by atoms with E-state index in [0.717, 1.165) is 12.8 Å². The monoisotopic (exact) mass is 187 g/mol. The first-order valence-electron chi connectivity index (χ1n) is 5.00. The Morgan fingerprint density at radius 1 is 1.54 bits per heavy atom. The van der Waals surface area contributed by atoms with Gasteiger partial charge in [0.2, 0.25) is 0 Å². The van der Waals surface area contributed by atoms with Gasteiger partial charge in [-0.05, 0) is 25.3 Å². The lowest BCUT2D eigenvalue weighted by atomic mass is 10.0. The molecule has 0 rings (SSSR count). The quantitative estimate of drug-likeness (QED) is 0.584. The second-order valence-corrected chi connectivity index (χ2v) is 3.47. The molecule has 0 aromatic heterocycles. The third-order valence-electron chi connectivity index (χ3n) is 1.93. The van der Waals surface area contributed by atoms with Gasteiger partial charge in [-0.1, -0.05) is 13.8 Å². The Hall–Kier alpha value is -0.410. The highest BCUT2D eigenvalue weighted by atomic mass is 16.5. The number of rotatable bonds is 8. The van der Waals surface area contributed by atoms with Crippen LogP contribution in [0.5, 0.6) is 0 Å². The van der Waals surface area contributed by atoms with Crippen molar-refractivity contribution >= 4 is 5.78 Å². The molecule has 0 amide bonds. The van der Waals surface area contributed by atoms with Crippen molar-refractivity contribution in [3.05, 3.63) is 0 Å². The zero-order valence-corrected chi connectivity index (χ0v) is 8.71. The van der Waals surface area contributed by atoms with E-state index in [1.165, 1.54) is 0 Å². The maximum Gasteiger partial charge on any atom is 0.158 e. The molecule has 0 aromatic rings. The molecule has 78 valence electrons. The zero-order chi connectivity index (χ0) is 10.1. The maximum absolute atomic E-state index is 11.2. The van der Waals surface area contributed by atoms with Gasteiger partial charge in [0.1, 0.15) is 6.61 Å². The summed E-state index contributed by atoms with van der Waals surface area (Å²) in [6.07, 6.45) is 2.44. The van der Waals surface area contributed by atoms with Crippen LogP contribution in [0.15, 0.2) is 0 Å². The molecule has 0 aliphatic carbocycles. The first kappa shape index (κ1) is 12.6. The lowest BCUT2D eigenvalue weighted by molar-refractivity contribution is -0.123. The van der Waals surface area contributed by atoms with Crippen molar-refractivity contribution in [2.24, 2.45) is 11.7 Å². The van der Waals surface area contributed by atoms with Gasteiger partial charge in [-0.3, -0.25) is 4.79 Å². The highest BCUT2D eigenvalue weighted by Gasteiger charge is 2.05. The van der Waals surface area contributed by atoms with Crippen LogP contribution < -0.4 is 5.73 Å². The Labute approximate surface area is 80.6 Å². The fourth-order valence-electron chi connectivity index (χ4n) is 0.928. The van der Waals surface area contributed by atoms with Crippen LogP contribution in [0.3, 0.4) is 0 Å². The fraction of sp³-hybridized carbons (Fsp3) is 0.900. The number of ether oxygens (including phenoxy) is 1. The predicted molar refractivity (Wildman–Crippen MR) is 53.6 cm³/mol. The van der Waals surface area contributed by atoms with E-state index in [0.29, 0.717) is 25.5 Å². The summed E-state index contributed by atoms with van der Waals surface area (Å²) in [4.78, 5) is 11.2. The fourth-order valence-corrected chi connectivity index (χ4v) is 0.928. The van der Waals surface area contributed by atoms with Crippen molar-refractivity contribution in [1.29, 1.82) is 0 Å². The van der Waals surface area contributed by atoms with Crippen LogP contribution in [-0.4, -0.2) is 25.5 Å². The number of nitrogens with two attached hydrogens (primary N) is 1. The summed E-state index contributed by atoms with van der Waals surface area (Å²) in [6.45, 7) is 5.69. The van der Waals surface area contributed by atoms with Crippen LogP contribution in [-0.2, 0) is 9.53 Å². The van der Waals surface area contributed by atoms with Crippen LogP contribution in [0.4, 0.5) is 0 Å². The second kappa shape index (κ2) is 8.20. The highest BCUT2D eigenvalue weighted by molar-refractivity contribution is 5.79. The summed E-state index contributed by atoms with van der Waals surface area (Å²) < 4.78 is 5.13. The van der Waals surface area contributed by atoms with Crippen LogP contribution in [0.2, 0.25) is 0 Å². The number of ketones is 1. The first-order valence-corrected chi connectivity index (χ1v) is 5.00. The molecule has 0 radical (unpaired) electrons. The van der Waals surface area contributed by atoms with Gasteiger partial charge in [0.25, 0.3) is 0 Å². The summed E-state index contributed by atoms with van der Waals surface area (Å²) in [7, 11) is 0. The molecule has 0 aliphatic heterocycles. The van der Waals surface area contributed by atoms with E-state index in [1.807, 2.05) is 6.92 Å². The Morgan fingerprint density at radius 2 is 2.23 bits per heavy atom. The third-order valence-corrected chi connectivity index (χ3v) is 1.93. The molecule has 1 unspecified atom stereocenters. The second-order valence-electron chi connectivity index (χ2n) is 3.47. The number of hydrogen-bond acceptors (Lipinski definition) is 3. The van der Waals surface area contributed by atoms with Gasteiger partial charge in [0.05, 0.1) is 0 Å². The molecule has 0 aromatic carbocycles. The van der Waals surface area contributed by atoms with Gasteiger partial charge in [0.15, 0.2) is 5.78 Å². The summed E-state index contributed by atoms with van der Waals surface area (Å²) in [5, 5.41) is 0. The van der Waals surface area contributed by atoms with Gasteiger partial charge >= 0.3 is 0 Å². The average molecular weight is 187 g/mol. The van der Waals surface area contributed by atoms with Crippen molar-refractivity contribution in [3.63, 3.8) is 0 Å². The molecule has 1 atom stereocenters. The number of carbonyl (C=O) groups excluding carboxylic acids is 1. The summed E-state index contributed by atoms with van der Waals surface area (Å²) in [6, 6.07) is 0.